The number of nitrogens with zero attached hydrogens (tertiary/aromatic N) is 1. The standard InChI is InChI=1S/C11H16N2O2/c1-4-15-11(14)12-9-7-5-6-8-10(9)13(2)3/h5-8H,4H2,1-3H3,(H,12,14). The number of ether oxygens (including phenoxy) is 1. The van der Waals surface area contributed by atoms with Gasteiger partial charge in [-0.15, -0.1) is 0 Å². The molecule has 0 fully saturated rings. The van der Waals surface area contributed by atoms with Crippen LogP contribution in [0.3, 0.4) is 0 Å². The predicted molar refractivity (Wildman–Crippen MR) is 61.4 cm³/mol. The summed E-state index contributed by atoms with van der Waals surface area (Å²) in [6.45, 7) is 2.15. The van der Waals surface area contributed by atoms with E-state index >= 15 is 0 Å². The van der Waals surface area contributed by atoms with E-state index < -0.39 is 6.09 Å². The van der Waals surface area contributed by atoms with Crippen molar-refractivity contribution in [1.82, 2.24) is 0 Å². The molecule has 0 bridgehead atoms. The van der Waals surface area contributed by atoms with Gasteiger partial charge in [-0.3, -0.25) is 5.32 Å². The molecule has 0 aliphatic carbocycles. The molecule has 0 unspecified atom stereocenters. The van der Waals surface area contributed by atoms with Crippen molar-refractivity contribution in [2.24, 2.45) is 0 Å². The molecule has 1 aromatic carbocycles. The van der Waals surface area contributed by atoms with Gasteiger partial charge in [-0.1, -0.05) is 12.1 Å². The Kier molecular flexibility index (Phi) is 3.97. The Labute approximate surface area is 89.8 Å². The Morgan fingerprint density at radius 2 is 2.07 bits per heavy atom. The van der Waals surface area contributed by atoms with Crippen molar-refractivity contribution in [2.45, 2.75) is 6.92 Å². The van der Waals surface area contributed by atoms with Crippen LogP contribution in [0.4, 0.5) is 16.2 Å². The zero-order chi connectivity index (χ0) is 11.3. The summed E-state index contributed by atoms with van der Waals surface area (Å²) < 4.78 is 4.81. The number of hydrogen-bond acceptors (Lipinski definition) is 3. The monoisotopic (exact) mass is 208 g/mol. The summed E-state index contributed by atoms with van der Waals surface area (Å²) >= 11 is 0. The lowest BCUT2D eigenvalue weighted by atomic mass is 10.2. The van der Waals surface area contributed by atoms with E-state index in [9.17, 15) is 4.79 Å². The van der Waals surface area contributed by atoms with Crippen molar-refractivity contribution in [3.63, 3.8) is 0 Å². The molecule has 4 heteroatoms. The van der Waals surface area contributed by atoms with E-state index in [4.69, 9.17) is 4.74 Å². The summed E-state index contributed by atoms with van der Waals surface area (Å²) in [5.41, 5.74) is 1.70. The van der Waals surface area contributed by atoms with Gasteiger partial charge in [0.2, 0.25) is 0 Å². The van der Waals surface area contributed by atoms with Crippen LogP contribution >= 0.6 is 0 Å². The van der Waals surface area contributed by atoms with E-state index in [0.717, 1.165) is 11.4 Å². The fourth-order valence-electron chi connectivity index (χ4n) is 1.25. The van der Waals surface area contributed by atoms with Crippen molar-refractivity contribution >= 4 is 17.5 Å². The molecule has 15 heavy (non-hydrogen) atoms. The minimum Gasteiger partial charge on any atom is -0.450 e. The van der Waals surface area contributed by atoms with Crippen molar-refractivity contribution < 1.29 is 9.53 Å². The number of para-hydroxylation sites is 2. The fourth-order valence-corrected chi connectivity index (χ4v) is 1.25. The minimum atomic E-state index is -0.424. The molecule has 1 aromatic rings. The second-order valence-electron chi connectivity index (χ2n) is 3.26. The van der Waals surface area contributed by atoms with Crippen LogP contribution in [-0.4, -0.2) is 26.8 Å². The lowest BCUT2D eigenvalue weighted by Crippen LogP contribution is -2.17. The zero-order valence-corrected chi connectivity index (χ0v) is 9.28. The first-order chi connectivity index (χ1) is 7.15. The zero-order valence-electron chi connectivity index (χ0n) is 9.28. The Morgan fingerprint density at radius 3 is 2.67 bits per heavy atom. The number of anilines is 2. The number of hydrogen-bond donors (Lipinski definition) is 1. The Balaban J connectivity index is 2.80. The SMILES string of the molecule is CCOC(=O)Nc1ccccc1N(C)C. The van der Waals surface area contributed by atoms with Crippen LogP contribution in [0.1, 0.15) is 6.92 Å². The van der Waals surface area contributed by atoms with Crippen LogP contribution in [0.15, 0.2) is 24.3 Å². The molecule has 1 amide bonds. The van der Waals surface area contributed by atoms with Crippen LogP contribution in [0.2, 0.25) is 0 Å². The van der Waals surface area contributed by atoms with Crippen LogP contribution in [0, 0.1) is 0 Å². The summed E-state index contributed by atoms with van der Waals surface area (Å²) in [5.74, 6) is 0. The molecule has 82 valence electrons. The van der Waals surface area contributed by atoms with Gasteiger partial charge < -0.3 is 9.64 Å². The first-order valence-corrected chi connectivity index (χ1v) is 4.85. The highest BCUT2D eigenvalue weighted by Gasteiger charge is 2.07. The molecule has 0 spiro atoms. The molecule has 1 rings (SSSR count). The molecule has 1 N–H and O–H groups in total. The third kappa shape index (κ3) is 3.16. The highest BCUT2D eigenvalue weighted by molar-refractivity contribution is 5.89. The number of nitrogens with one attached hydrogen (secondary N) is 1. The summed E-state index contributed by atoms with van der Waals surface area (Å²) in [7, 11) is 3.84. The molecule has 0 aliphatic rings. The van der Waals surface area contributed by atoms with Gasteiger partial charge >= 0.3 is 6.09 Å². The van der Waals surface area contributed by atoms with E-state index in [2.05, 4.69) is 5.32 Å². The molecule has 4 nitrogen and oxygen atoms in total. The highest BCUT2D eigenvalue weighted by Crippen LogP contribution is 2.23. The lowest BCUT2D eigenvalue weighted by Gasteiger charge is -2.17. The summed E-state index contributed by atoms with van der Waals surface area (Å²) in [6, 6.07) is 7.56. The second-order valence-corrected chi connectivity index (χ2v) is 3.26. The Bertz CT molecular complexity index is 337. The Morgan fingerprint density at radius 1 is 1.40 bits per heavy atom. The Hall–Kier alpha value is -1.71. The molecule has 0 aromatic heterocycles. The smallest absolute Gasteiger partial charge is 0.411 e. The number of rotatable bonds is 3. The minimum absolute atomic E-state index is 0.371. The molecule has 0 radical (unpaired) electrons. The number of benzene rings is 1. The van der Waals surface area contributed by atoms with Crippen molar-refractivity contribution in [3.8, 4) is 0 Å². The number of carbonyl (C=O) groups excluding carboxylic acids is 1. The number of amides is 1. The van der Waals surface area contributed by atoms with Crippen LogP contribution in [0.5, 0.6) is 0 Å². The molecule has 0 atom stereocenters. The lowest BCUT2D eigenvalue weighted by molar-refractivity contribution is 0.168. The summed E-state index contributed by atoms with van der Waals surface area (Å²) in [5, 5.41) is 2.69. The summed E-state index contributed by atoms with van der Waals surface area (Å²) in [4.78, 5) is 13.2. The third-order valence-electron chi connectivity index (χ3n) is 1.90. The molecule has 0 heterocycles. The summed E-state index contributed by atoms with van der Waals surface area (Å²) in [6.07, 6.45) is -0.424. The van der Waals surface area contributed by atoms with Crippen LogP contribution < -0.4 is 10.2 Å². The molecule has 0 aliphatic heterocycles. The van der Waals surface area contributed by atoms with Crippen LogP contribution in [0.25, 0.3) is 0 Å². The van der Waals surface area contributed by atoms with E-state index in [1.807, 2.05) is 43.3 Å². The highest BCUT2D eigenvalue weighted by atomic mass is 16.5. The van der Waals surface area contributed by atoms with E-state index in [1.165, 1.54) is 0 Å². The molecular formula is C11H16N2O2. The maximum absolute atomic E-state index is 11.2. The average molecular weight is 208 g/mol. The van der Waals surface area contributed by atoms with Gasteiger partial charge in [0, 0.05) is 14.1 Å². The first-order valence-electron chi connectivity index (χ1n) is 4.85. The van der Waals surface area contributed by atoms with Crippen molar-refractivity contribution in [2.75, 3.05) is 30.9 Å². The third-order valence-corrected chi connectivity index (χ3v) is 1.90. The van der Waals surface area contributed by atoms with Gasteiger partial charge in [0.05, 0.1) is 18.0 Å². The van der Waals surface area contributed by atoms with Gasteiger partial charge in [-0.2, -0.15) is 0 Å². The van der Waals surface area contributed by atoms with Gasteiger partial charge in [0.25, 0.3) is 0 Å². The predicted octanol–water partition coefficient (Wildman–Crippen LogP) is 2.32. The molecule has 0 saturated carbocycles. The quantitative estimate of drug-likeness (QED) is 0.828. The fraction of sp³-hybridized carbons (Fsp3) is 0.364. The van der Waals surface area contributed by atoms with Gasteiger partial charge in [-0.25, -0.2) is 4.79 Å². The maximum Gasteiger partial charge on any atom is 0.411 e. The number of carbonyl (C=O) groups is 1. The maximum atomic E-state index is 11.2. The van der Waals surface area contributed by atoms with E-state index in [1.54, 1.807) is 6.92 Å². The van der Waals surface area contributed by atoms with Gasteiger partial charge in [0.15, 0.2) is 0 Å². The second kappa shape index (κ2) is 5.24. The van der Waals surface area contributed by atoms with Gasteiger partial charge in [-0.05, 0) is 19.1 Å². The van der Waals surface area contributed by atoms with E-state index in [-0.39, 0.29) is 0 Å². The average Bonchev–Trinajstić information content (AvgIpc) is 2.18. The first kappa shape index (κ1) is 11.4. The van der Waals surface area contributed by atoms with Gasteiger partial charge in [0.1, 0.15) is 0 Å². The van der Waals surface area contributed by atoms with Crippen LogP contribution in [-0.2, 0) is 4.74 Å². The molecule has 0 saturated heterocycles. The van der Waals surface area contributed by atoms with Crippen molar-refractivity contribution in [3.05, 3.63) is 24.3 Å². The topological polar surface area (TPSA) is 41.6 Å². The van der Waals surface area contributed by atoms with E-state index in [0.29, 0.717) is 6.61 Å². The van der Waals surface area contributed by atoms with Crippen molar-refractivity contribution in [1.29, 1.82) is 0 Å². The normalized spacial score (nSPS) is 9.53. The molecular weight excluding hydrogens is 192 g/mol. The largest absolute Gasteiger partial charge is 0.450 e.